The van der Waals surface area contributed by atoms with Crippen LogP contribution in [0.2, 0.25) is 0 Å². The van der Waals surface area contributed by atoms with Gasteiger partial charge < -0.3 is 15.4 Å². The van der Waals surface area contributed by atoms with Gasteiger partial charge >= 0.3 is 0 Å². The van der Waals surface area contributed by atoms with Crippen molar-refractivity contribution in [3.63, 3.8) is 0 Å². The van der Waals surface area contributed by atoms with Crippen LogP contribution in [0.15, 0.2) is 0 Å². The van der Waals surface area contributed by atoms with Crippen LogP contribution in [-0.4, -0.2) is 38.8 Å². The summed E-state index contributed by atoms with van der Waals surface area (Å²) in [4.78, 5) is 11.3. The maximum Gasteiger partial charge on any atom is 0.222 e. The molecule has 1 atom stereocenters. The molecule has 1 aliphatic rings. The average Bonchev–Trinajstić information content (AvgIpc) is 2.28. The summed E-state index contributed by atoms with van der Waals surface area (Å²) in [6.07, 6.45) is 2.92. The largest absolute Gasteiger partial charge is 0.381 e. The van der Waals surface area contributed by atoms with E-state index in [0.717, 1.165) is 19.6 Å². The highest BCUT2D eigenvalue weighted by molar-refractivity contribution is 5.75. The van der Waals surface area contributed by atoms with Crippen LogP contribution < -0.4 is 10.6 Å². The Hall–Kier alpha value is -0.610. The molecular formula is C11H22N2O2. The smallest absolute Gasteiger partial charge is 0.222 e. The van der Waals surface area contributed by atoms with E-state index in [2.05, 4.69) is 10.6 Å². The first-order chi connectivity index (χ1) is 7.33. The lowest BCUT2D eigenvalue weighted by molar-refractivity contribution is -0.122. The monoisotopic (exact) mass is 214 g/mol. The van der Waals surface area contributed by atoms with Gasteiger partial charge in [-0.15, -0.1) is 0 Å². The molecule has 1 amide bonds. The molecule has 0 bridgehead atoms. The quantitative estimate of drug-likeness (QED) is 0.634. The third-order valence-corrected chi connectivity index (χ3v) is 2.66. The Morgan fingerprint density at radius 3 is 3.13 bits per heavy atom. The predicted molar refractivity (Wildman–Crippen MR) is 59.7 cm³/mol. The lowest BCUT2D eigenvalue weighted by Gasteiger charge is -2.22. The number of hydrogen-bond donors (Lipinski definition) is 2. The first kappa shape index (κ1) is 12.5. The molecule has 88 valence electrons. The SMILES string of the molecule is CCOCCC(=O)NCC1CCCNC1. The number of carbonyl (C=O) groups is 1. The van der Waals surface area contributed by atoms with E-state index in [1.807, 2.05) is 6.92 Å². The number of hydrogen-bond acceptors (Lipinski definition) is 3. The average molecular weight is 214 g/mol. The molecule has 1 rings (SSSR count). The summed E-state index contributed by atoms with van der Waals surface area (Å²) in [5.41, 5.74) is 0. The van der Waals surface area contributed by atoms with Crippen molar-refractivity contribution in [3.8, 4) is 0 Å². The molecule has 1 heterocycles. The minimum Gasteiger partial charge on any atom is -0.381 e. The van der Waals surface area contributed by atoms with E-state index >= 15 is 0 Å². The molecule has 2 N–H and O–H groups in total. The van der Waals surface area contributed by atoms with Gasteiger partial charge in [0.1, 0.15) is 0 Å². The molecule has 0 aromatic rings. The van der Waals surface area contributed by atoms with E-state index in [-0.39, 0.29) is 5.91 Å². The number of nitrogens with one attached hydrogen (secondary N) is 2. The van der Waals surface area contributed by atoms with Crippen LogP contribution in [0, 0.1) is 5.92 Å². The molecule has 0 aliphatic carbocycles. The number of amides is 1. The summed E-state index contributed by atoms with van der Waals surface area (Å²) in [5.74, 6) is 0.712. The van der Waals surface area contributed by atoms with Crippen LogP contribution in [0.3, 0.4) is 0 Å². The molecule has 1 aliphatic heterocycles. The Morgan fingerprint density at radius 2 is 2.47 bits per heavy atom. The van der Waals surface area contributed by atoms with Gasteiger partial charge in [-0.2, -0.15) is 0 Å². The summed E-state index contributed by atoms with van der Waals surface area (Å²) in [5, 5.41) is 6.29. The molecule has 4 heteroatoms. The molecule has 15 heavy (non-hydrogen) atoms. The Kier molecular flexibility index (Phi) is 6.36. The maximum absolute atomic E-state index is 11.3. The van der Waals surface area contributed by atoms with Gasteiger partial charge in [-0.05, 0) is 38.8 Å². The number of rotatable bonds is 6. The van der Waals surface area contributed by atoms with Gasteiger partial charge in [0.15, 0.2) is 0 Å². The summed E-state index contributed by atoms with van der Waals surface area (Å²) in [6.45, 7) is 6.11. The third-order valence-electron chi connectivity index (χ3n) is 2.66. The van der Waals surface area contributed by atoms with Crippen molar-refractivity contribution < 1.29 is 9.53 Å². The van der Waals surface area contributed by atoms with Crippen LogP contribution in [0.1, 0.15) is 26.2 Å². The molecule has 1 unspecified atom stereocenters. The van der Waals surface area contributed by atoms with E-state index < -0.39 is 0 Å². The summed E-state index contributed by atoms with van der Waals surface area (Å²) >= 11 is 0. The van der Waals surface area contributed by atoms with Crippen molar-refractivity contribution in [1.82, 2.24) is 10.6 Å². The maximum atomic E-state index is 11.3. The molecule has 0 spiro atoms. The fourth-order valence-electron chi connectivity index (χ4n) is 1.75. The Balaban J connectivity index is 2.00. The summed E-state index contributed by atoms with van der Waals surface area (Å²) in [7, 11) is 0. The zero-order valence-corrected chi connectivity index (χ0v) is 9.55. The minimum atomic E-state index is 0.106. The van der Waals surface area contributed by atoms with Gasteiger partial charge in [0.05, 0.1) is 6.61 Å². The summed E-state index contributed by atoms with van der Waals surface area (Å²) in [6, 6.07) is 0. The van der Waals surface area contributed by atoms with Crippen molar-refractivity contribution in [2.45, 2.75) is 26.2 Å². The molecule has 1 fully saturated rings. The Morgan fingerprint density at radius 1 is 1.60 bits per heavy atom. The topological polar surface area (TPSA) is 50.4 Å². The first-order valence-electron chi connectivity index (χ1n) is 5.88. The highest BCUT2D eigenvalue weighted by atomic mass is 16.5. The van der Waals surface area contributed by atoms with Crippen molar-refractivity contribution in [1.29, 1.82) is 0 Å². The van der Waals surface area contributed by atoms with E-state index in [9.17, 15) is 4.79 Å². The lowest BCUT2D eigenvalue weighted by atomic mass is 10.00. The zero-order chi connectivity index (χ0) is 10.9. The Labute approximate surface area is 91.8 Å². The number of carbonyl (C=O) groups excluding carboxylic acids is 1. The Bertz CT molecular complexity index is 179. The molecule has 4 nitrogen and oxygen atoms in total. The van der Waals surface area contributed by atoms with Crippen LogP contribution in [0.5, 0.6) is 0 Å². The van der Waals surface area contributed by atoms with Gasteiger partial charge in [0.25, 0.3) is 0 Å². The minimum absolute atomic E-state index is 0.106. The highest BCUT2D eigenvalue weighted by Crippen LogP contribution is 2.07. The molecular weight excluding hydrogens is 192 g/mol. The molecule has 1 saturated heterocycles. The van der Waals surface area contributed by atoms with Crippen LogP contribution in [0.25, 0.3) is 0 Å². The van der Waals surface area contributed by atoms with Gasteiger partial charge in [-0.25, -0.2) is 0 Å². The van der Waals surface area contributed by atoms with Crippen LogP contribution >= 0.6 is 0 Å². The van der Waals surface area contributed by atoms with E-state index in [0.29, 0.717) is 25.6 Å². The second-order valence-electron chi connectivity index (χ2n) is 3.96. The zero-order valence-electron chi connectivity index (χ0n) is 9.55. The molecule has 0 aromatic carbocycles. The standard InChI is InChI=1S/C11H22N2O2/c1-2-15-7-5-11(14)13-9-10-4-3-6-12-8-10/h10,12H,2-9H2,1H3,(H,13,14). The van der Waals surface area contributed by atoms with Gasteiger partial charge in [0, 0.05) is 19.6 Å². The van der Waals surface area contributed by atoms with Gasteiger partial charge in [-0.3, -0.25) is 4.79 Å². The van der Waals surface area contributed by atoms with Crippen LogP contribution in [0.4, 0.5) is 0 Å². The molecule has 0 aromatic heterocycles. The van der Waals surface area contributed by atoms with Gasteiger partial charge in [-0.1, -0.05) is 0 Å². The van der Waals surface area contributed by atoms with E-state index in [1.54, 1.807) is 0 Å². The van der Waals surface area contributed by atoms with Crippen molar-refractivity contribution in [2.75, 3.05) is 32.8 Å². The lowest BCUT2D eigenvalue weighted by Crippen LogP contribution is -2.38. The fourth-order valence-corrected chi connectivity index (χ4v) is 1.75. The third kappa shape index (κ3) is 5.74. The summed E-state index contributed by atoms with van der Waals surface area (Å²) < 4.78 is 5.12. The highest BCUT2D eigenvalue weighted by Gasteiger charge is 2.13. The molecule has 0 saturated carbocycles. The number of ether oxygens (including phenoxy) is 1. The van der Waals surface area contributed by atoms with Crippen molar-refractivity contribution in [3.05, 3.63) is 0 Å². The predicted octanol–water partition coefficient (Wildman–Crippen LogP) is 0.529. The van der Waals surface area contributed by atoms with Crippen molar-refractivity contribution in [2.24, 2.45) is 5.92 Å². The fraction of sp³-hybridized carbons (Fsp3) is 0.909. The first-order valence-corrected chi connectivity index (χ1v) is 5.88. The van der Waals surface area contributed by atoms with Crippen molar-refractivity contribution >= 4 is 5.91 Å². The van der Waals surface area contributed by atoms with E-state index in [4.69, 9.17) is 4.74 Å². The normalized spacial score (nSPS) is 21.3. The second kappa shape index (κ2) is 7.65. The van der Waals surface area contributed by atoms with E-state index in [1.165, 1.54) is 12.8 Å². The number of piperidine rings is 1. The van der Waals surface area contributed by atoms with Gasteiger partial charge in [0.2, 0.25) is 5.91 Å². The van der Waals surface area contributed by atoms with Crippen LogP contribution in [-0.2, 0) is 9.53 Å². The second-order valence-corrected chi connectivity index (χ2v) is 3.96. The molecule has 0 radical (unpaired) electrons.